The second kappa shape index (κ2) is 9.96. The number of hydrogen-bond donors (Lipinski definition) is 3. The van der Waals surface area contributed by atoms with Gasteiger partial charge in [-0.2, -0.15) is 17.6 Å². The molecule has 0 fully saturated rings. The predicted molar refractivity (Wildman–Crippen MR) is 104 cm³/mol. The molecular formula is C18H17F4N3O4S. The lowest BCUT2D eigenvalue weighted by atomic mass is 10.2. The van der Waals surface area contributed by atoms with Gasteiger partial charge in [-0.1, -0.05) is 6.07 Å². The summed E-state index contributed by atoms with van der Waals surface area (Å²) in [5.41, 5.74) is 5.01. The van der Waals surface area contributed by atoms with Crippen LogP contribution in [0.1, 0.15) is 10.4 Å². The van der Waals surface area contributed by atoms with Crippen molar-refractivity contribution in [2.45, 2.75) is 12.5 Å². The fourth-order valence-electron chi connectivity index (χ4n) is 2.14. The van der Waals surface area contributed by atoms with Gasteiger partial charge in [0.1, 0.15) is 17.2 Å². The molecule has 0 aliphatic rings. The minimum absolute atomic E-state index is 0.0107. The molecule has 0 saturated heterocycles. The molecule has 30 heavy (non-hydrogen) atoms. The molecule has 3 N–H and O–H groups in total. The third kappa shape index (κ3) is 6.11. The molecule has 1 amide bonds. The molecule has 0 aromatic heterocycles. The van der Waals surface area contributed by atoms with Gasteiger partial charge in [0.15, 0.2) is 5.11 Å². The molecule has 0 atom stereocenters. The number of hydrogen-bond acceptors (Lipinski definition) is 5. The number of alkyl halides is 4. The predicted octanol–water partition coefficient (Wildman–Crippen LogP) is 3.57. The highest BCUT2D eigenvalue weighted by Crippen LogP contribution is 2.29. The number of ether oxygens (including phenoxy) is 3. The Bertz CT molecular complexity index is 915. The van der Waals surface area contributed by atoms with Crippen molar-refractivity contribution in [3.05, 3.63) is 48.0 Å². The van der Waals surface area contributed by atoms with Crippen molar-refractivity contribution < 1.29 is 36.6 Å². The average molecular weight is 447 g/mol. The van der Waals surface area contributed by atoms with Gasteiger partial charge >= 0.3 is 12.5 Å². The van der Waals surface area contributed by atoms with E-state index in [1.807, 2.05) is 0 Å². The zero-order valence-corrected chi connectivity index (χ0v) is 16.5. The van der Waals surface area contributed by atoms with Gasteiger partial charge in [0.05, 0.1) is 19.9 Å². The molecule has 0 heterocycles. The first kappa shape index (κ1) is 23.0. The Balaban J connectivity index is 1.97. The van der Waals surface area contributed by atoms with Crippen LogP contribution in [-0.4, -0.2) is 37.8 Å². The summed E-state index contributed by atoms with van der Waals surface area (Å²) in [7, 11) is 2.95. The smallest absolute Gasteiger partial charge is 0.461 e. The Morgan fingerprint density at radius 2 is 1.77 bits per heavy atom. The number of benzene rings is 2. The summed E-state index contributed by atoms with van der Waals surface area (Å²) in [5, 5.41) is 2.78. The van der Waals surface area contributed by atoms with Gasteiger partial charge in [0.25, 0.3) is 5.91 Å². The summed E-state index contributed by atoms with van der Waals surface area (Å²) >= 11 is 5.07. The molecule has 0 spiro atoms. The van der Waals surface area contributed by atoms with Crippen LogP contribution in [0.25, 0.3) is 0 Å². The fraction of sp³-hybridized carbons (Fsp3) is 0.222. The summed E-state index contributed by atoms with van der Waals surface area (Å²) in [6.07, 6.45) is -8.70. The van der Waals surface area contributed by atoms with Crippen LogP contribution in [0.2, 0.25) is 0 Å². The van der Waals surface area contributed by atoms with Crippen molar-refractivity contribution in [2.24, 2.45) is 0 Å². The Hall–Kier alpha value is -3.28. The van der Waals surface area contributed by atoms with E-state index in [0.29, 0.717) is 17.2 Å². The van der Waals surface area contributed by atoms with Crippen LogP contribution in [0.15, 0.2) is 42.5 Å². The summed E-state index contributed by atoms with van der Waals surface area (Å²) in [6.45, 7) is 0. The third-order valence-corrected chi connectivity index (χ3v) is 3.75. The Kier molecular flexibility index (Phi) is 7.64. The normalized spacial score (nSPS) is 10.9. The monoisotopic (exact) mass is 447 g/mol. The van der Waals surface area contributed by atoms with Gasteiger partial charge in [-0.3, -0.25) is 15.6 Å². The van der Waals surface area contributed by atoms with E-state index in [1.165, 1.54) is 26.4 Å². The maximum Gasteiger partial charge on any atom is 0.461 e. The van der Waals surface area contributed by atoms with E-state index in [2.05, 4.69) is 20.9 Å². The molecule has 12 heteroatoms. The first-order chi connectivity index (χ1) is 14.2. The lowest BCUT2D eigenvalue weighted by Gasteiger charge is -2.17. The Morgan fingerprint density at radius 1 is 1.03 bits per heavy atom. The summed E-state index contributed by atoms with van der Waals surface area (Å²) in [4.78, 5) is 12.2. The van der Waals surface area contributed by atoms with Crippen molar-refractivity contribution in [1.29, 1.82) is 0 Å². The van der Waals surface area contributed by atoms with Gasteiger partial charge in [-0.15, -0.1) is 0 Å². The molecule has 2 aromatic rings. The van der Waals surface area contributed by atoms with E-state index >= 15 is 0 Å². The molecule has 7 nitrogen and oxygen atoms in total. The number of amides is 1. The fourth-order valence-corrected chi connectivity index (χ4v) is 2.30. The highest BCUT2D eigenvalue weighted by molar-refractivity contribution is 7.80. The minimum Gasteiger partial charge on any atom is -0.497 e. The van der Waals surface area contributed by atoms with Gasteiger partial charge in [0.2, 0.25) is 0 Å². The number of anilines is 1. The first-order valence-electron chi connectivity index (χ1n) is 8.20. The topological polar surface area (TPSA) is 80.9 Å². The second-order valence-electron chi connectivity index (χ2n) is 5.59. The quantitative estimate of drug-likeness (QED) is 0.340. The van der Waals surface area contributed by atoms with Crippen molar-refractivity contribution in [3.63, 3.8) is 0 Å². The maximum atomic E-state index is 13.0. The van der Waals surface area contributed by atoms with Crippen LogP contribution < -0.4 is 30.4 Å². The van der Waals surface area contributed by atoms with Crippen LogP contribution in [0.3, 0.4) is 0 Å². The first-order valence-corrected chi connectivity index (χ1v) is 8.61. The highest BCUT2D eigenvalue weighted by Gasteiger charge is 2.44. The van der Waals surface area contributed by atoms with E-state index in [-0.39, 0.29) is 10.7 Å². The molecular weight excluding hydrogens is 430 g/mol. The maximum absolute atomic E-state index is 13.0. The Labute approximate surface area is 174 Å². The van der Waals surface area contributed by atoms with E-state index in [1.54, 1.807) is 18.2 Å². The van der Waals surface area contributed by atoms with Gasteiger partial charge < -0.3 is 19.5 Å². The number of rotatable bonds is 7. The number of hydrazine groups is 1. The van der Waals surface area contributed by atoms with Crippen LogP contribution in [-0.2, 0) is 0 Å². The van der Waals surface area contributed by atoms with Crippen molar-refractivity contribution >= 4 is 28.9 Å². The van der Waals surface area contributed by atoms with E-state index in [9.17, 15) is 22.4 Å². The zero-order valence-electron chi connectivity index (χ0n) is 15.7. The number of carbonyl (C=O) groups is 1. The largest absolute Gasteiger partial charge is 0.497 e. The molecule has 0 aliphatic carbocycles. The van der Waals surface area contributed by atoms with Crippen molar-refractivity contribution in [1.82, 2.24) is 10.9 Å². The number of nitrogens with one attached hydrogen (secondary N) is 3. The SMILES string of the molecule is COc1ccc(NC(=S)NNC(=O)c2cccc(OC(F)(F)C(F)F)c2)c(OC)c1. The number of carbonyl (C=O) groups excluding carboxylic acids is 1. The summed E-state index contributed by atoms with van der Waals surface area (Å²) < 4.78 is 64.7. The van der Waals surface area contributed by atoms with E-state index in [0.717, 1.165) is 12.1 Å². The minimum atomic E-state index is -4.68. The van der Waals surface area contributed by atoms with Crippen LogP contribution >= 0.6 is 12.2 Å². The van der Waals surface area contributed by atoms with Gasteiger partial charge in [0, 0.05) is 11.6 Å². The number of methoxy groups -OCH3 is 2. The highest BCUT2D eigenvalue weighted by atomic mass is 32.1. The zero-order chi connectivity index (χ0) is 22.3. The lowest BCUT2D eigenvalue weighted by Crippen LogP contribution is -2.43. The summed E-state index contributed by atoms with van der Waals surface area (Å²) in [5.74, 6) is -0.387. The molecule has 0 unspecified atom stereocenters. The molecule has 0 aliphatic heterocycles. The van der Waals surface area contributed by atoms with Gasteiger partial charge in [-0.25, -0.2) is 0 Å². The molecule has 0 saturated carbocycles. The number of halogens is 4. The van der Waals surface area contributed by atoms with Crippen molar-refractivity contribution in [2.75, 3.05) is 19.5 Å². The molecule has 2 aromatic carbocycles. The van der Waals surface area contributed by atoms with Crippen LogP contribution in [0.5, 0.6) is 17.2 Å². The Morgan fingerprint density at radius 3 is 2.40 bits per heavy atom. The van der Waals surface area contributed by atoms with Gasteiger partial charge in [-0.05, 0) is 42.5 Å². The van der Waals surface area contributed by atoms with E-state index < -0.39 is 24.2 Å². The molecule has 0 radical (unpaired) electrons. The average Bonchev–Trinajstić information content (AvgIpc) is 2.72. The lowest BCUT2D eigenvalue weighted by molar-refractivity contribution is -0.253. The van der Waals surface area contributed by atoms with Crippen molar-refractivity contribution in [3.8, 4) is 17.2 Å². The third-order valence-electron chi connectivity index (χ3n) is 3.55. The number of thiocarbonyl (C=S) groups is 1. The standard InChI is InChI=1S/C18H17F4N3O4S/c1-27-11-6-7-13(14(9-11)28-2)23-17(30)25-24-15(26)10-4-3-5-12(8-10)29-18(21,22)16(19)20/h3-9,16H,1-2H3,(H,24,26)(H2,23,25,30). The second-order valence-corrected chi connectivity index (χ2v) is 6.00. The van der Waals surface area contributed by atoms with Crippen LogP contribution in [0, 0.1) is 0 Å². The summed E-state index contributed by atoms with van der Waals surface area (Å²) in [6, 6.07) is 9.28. The molecule has 0 bridgehead atoms. The van der Waals surface area contributed by atoms with Crippen LogP contribution in [0.4, 0.5) is 23.2 Å². The van der Waals surface area contributed by atoms with E-state index in [4.69, 9.17) is 21.7 Å². The molecule has 2 rings (SSSR count). The molecule has 162 valence electrons.